The van der Waals surface area contributed by atoms with Gasteiger partial charge in [0.1, 0.15) is 0 Å². The Bertz CT molecular complexity index is 723. The average molecular weight is 373 g/mol. The van der Waals surface area contributed by atoms with Crippen molar-refractivity contribution in [3.63, 3.8) is 0 Å². The van der Waals surface area contributed by atoms with Gasteiger partial charge < -0.3 is 14.8 Å². The number of alkyl halides is 3. The first kappa shape index (κ1) is 19.9. The maximum atomic E-state index is 12.7. The number of nitrogens with zero attached hydrogens (tertiary/aromatic N) is 1. The highest BCUT2D eigenvalue weighted by Crippen LogP contribution is 2.32. The molecule has 0 saturated carbocycles. The molecule has 0 fully saturated rings. The van der Waals surface area contributed by atoms with E-state index in [0.717, 1.165) is 12.1 Å². The van der Waals surface area contributed by atoms with Gasteiger partial charge in [0, 0.05) is 0 Å². The number of halogens is 3. The number of thiazole rings is 1. The van der Waals surface area contributed by atoms with Crippen molar-refractivity contribution in [3.05, 3.63) is 35.3 Å². The highest BCUT2D eigenvalue weighted by molar-refractivity contribution is 7.14. The van der Waals surface area contributed by atoms with Gasteiger partial charge in [0.05, 0.1) is 32.7 Å². The molecular weight excluding hydrogens is 354 g/mol. The minimum atomic E-state index is -4.41. The first-order valence-corrected chi connectivity index (χ1v) is 8.40. The Morgan fingerprint density at radius 1 is 1.08 bits per heavy atom. The smallest absolute Gasteiger partial charge is 0.422 e. The van der Waals surface area contributed by atoms with Crippen LogP contribution in [0, 0.1) is 0 Å². The average Bonchev–Trinajstić information content (AvgIpc) is 2.94. The molecule has 2 rings (SSSR count). The van der Waals surface area contributed by atoms with Crippen molar-refractivity contribution < 1.29 is 28.0 Å². The molecule has 1 aromatic heterocycles. The number of aliphatic hydroxyl groups is 1. The van der Waals surface area contributed by atoms with Gasteiger partial charge in [0.15, 0.2) is 0 Å². The SMILES string of the molecule is CC(C)(O)C(C)(C)OB(O)c1ncsc1-c1ccc(C(F)(F)F)cc1. The predicted molar refractivity (Wildman–Crippen MR) is 91.6 cm³/mol. The van der Waals surface area contributed by atoms with E-state index in [9.17, 15) is 23.3 Å². The van der Waals surface area contributed by atoms with Crippen LogP contribution in [0.5, 0.6) is 0 Å². The third-order valence-electron chi connectivity index (χ3n) is 4.18. The van der Waals surface area contributed by atoms with Crippen molar-refractivity contribution >= 4 is 24.0 Å². The lowest BCUT2D eigenvalue weighted by Gasteiger charge is -2.38. The van der Waals surface area contributed by atoms with E-state index in [2.05, 4.69) is 4.98 Å². The zero-order valence-corrected chi connectivity index (χ0v) is 15.1. The molecule has 1 heterocycles. The highest BCUT2D eigenvalue weighted by Gasteiger charge is 2.41. The van der Waals surface area contributed by atoms with Crippen LogP contribution in [-0.4, -0.2) is 33.4 Å². The van der Waals surface area contributed by atoms with E-state index < -0.39 is 30.1 Å². The molecule has 4 nitrogen and oxygen atoms in total. The zero-order chi connectivity index (χ0) is 19.0. The van der Waals surface area contributed by atoms with Gasteiger partial charge in [-0.15, -0.1) is 11.3 Å². The van der Waals surface area contributed by atoms with Crippen LogP contribution in [0.4, 0.5) is 13.2 Å². The molecular formula is C16H19BF3NO3S. The van der Waals surface area contributed by atoms with Crippen LogP contribution < -0.4 is 5.59 Å². The Balaban J connectivity index is 2.28. The molecule has 0 aliphatic carbocycles. The lowest BCUT2D eigenvalue weighted by atomic mass is 9.79. The molecule has 0 unspecified atom stereocenters. The van der Waals surface area contributed by atoms with Gasteiger partial charge in [-0.1, -0.05) is 12.1 Å². The molecule has 0 radical (unpaired) electrons. The summed E-state index contributed by atoms with van der Waals surface area (Å²) in [5, 5.41) is 20.5. The molecule has 0 amide bonds. The van der Waals surface area contributed by atoms with Crippen LogP contribution >= 0.6 is 11.3 Å². The second-order valence-electron chi connectivity index (χ2n) is 6.68. The molecule has 0 spiro atoms. The monoisotopic (exact) mass is 373 g/mol. The normalized spacial score (nSPS) is 13.2. The fourth-order valence-corrected chi connectivity index (χ4v) is 2.75. The molecule has 0 aliphatic heterocycles. The molecule has 0 saturated heterocycles. The molecule has 0 aliphatic rings. The van der Waals surface area contributed by atoms with Crippen molar-refractivity contribution in [1.82, 2.24) is 4.98 Å². The summed E-state index contributed by atoms with van der Waals surface area (Å²) in [6, 6.07) is 4.61. The number of hydrogen-bond acceptors (Lipinski definition) is 5. The molecule has 0 atom stereocenters. The van der Waals surface area contributed by atoms with Gasteiger partial charge in [0.2, 0.25) is 0 Å². The first-order chi connectivity index (χ1) is 11.3. The summed E-state index contributed by atoms with van der Waals surface area (Å²) in [4.78, 5) is 4.58. The number of hydrogen-bond donors (Lipinski definition) is 2. The predicted octanol–water partition coefficient (Wildman–Crippen LogP) is 3.08. The summed E-state index contributed by atoms with van der Waals surface area (Å²) in [6.45, 7) is 6.36. The zero-order valence-electron chi connectivity index (χ0n) is 14.3. The Morgan fingerprint density at radius 2 is 1.64 bits per heavy atom. The van der Waals surface area contributed by atoms with Crippen molar-refractivity contribution in [2.75, 3.05) is 0 Å². The van der Waals surface area contributed by atoms with Crippen LogP contribution in [-0.2, 0) is 10.8 Å². The highest BCUT2D eigenvalue weighted by atomic mass is 32.1. The Morgan fingerprint density at radius 3 is 2.12 bits per heavy atom. The van der Waals surface area contributed by atoms with Gasteiger partial charge in [-0.25, -0.2) is 0 Å². The van der Waals surface area contributed by atoms with E-state index in [1.165, 1.54) is 29.0 Å². The number of aromatic nitrogens is 1. The third kappa shape index (κ3) is 4.41. The van der Waals surface area contributed by atoms with Gasteiger partial charge in [-0.3, -0.25) is 4.98 Å². The number of benzene rings is 1. The van der Waals surface area contributed by atoms with Crippen molar-refractivity contribution in [2.45, 2.75) is 45.1 Å². The van der Waals surface area contributed by atoms with Gasteiger partial charge in [-0.05, 0) is 45.4 Å². The first-order valence-electron chi connectivity index (χ1n) is 7.52. The molecule has 0 bridgehead atoms. The number of rotatable bonds is 5. The molecule has 2 aromatic rings. The van der Waals surface area contributed by atoms with Crippen molar-refractivity contribution in [2.24, 2.45) is 0 Å². The van der Waals surface area contributed by atoms with Crippen molar-refractivity contribution in [1.29, 1.82) is 0 Å². The standard InChI is InChI=1S/C16H19BF3NO3S/c1-14(2,22)15(3,4)24-17(23)13-12(25-9-21-13)10-5-7-11(8-6-10)16(18,19)20/h5-9,22-23H,1-4H3. The molecule has 2 N–H and O–H groups in total. The summed E-state index contributed by atoms with van der Waals surface area (Å²) < 4.78 is 43.6. The Hall–Kier alpha value is -1.42. The maximum absolute atomic E-state index is 12.7. The van der Waals surface area contributed by atoms with Gasteiger partial charge in [0.25, 0.3) is 0 Å². The van der Waals surface area contributed by atoms with Crippen LogP contribution in [0.1, 0.15) is 33.3 Å². The van der Waals surface area contributed by atoms with E-state index in [1.54, 1.807) is 27.7 Å². The topological polar surface area (TPSA) is 62.6 Å². The van der Waals surface area contributed by atoms with Crippen LogP contribution in [0.15, 0.2) is 29.8 Å². The molecule has 25 heavy (non-hydrogen) atoms. The molecule has 9 heteroatoms. The third-order valence-corrected chi connectivity index (χ3v) is 5.07. The van der Waals surface area contributed by atoms with Crippen LogP contribution in [0.3, 0.4) is 0 Å². The van der Waals surface area contributed by atoms with E-state index in [1.807, 2.05) is 0 Å². The summed E-state index contributed by atoms with van der Waals surface area (Å²) in [6.07, 6.45) is -4.41. The lowest BCUT2D eigenvalue weighted by Crippen LogP contribution is -2.53. The Kier molecular flexibility index (Phi) is 5.35. The summed E-state index contributed by atoms with van der Waals surface area (Å²) in [5.41, 5.74) is -0.878. The lowest BCUT2D eigenvalue weighted by molar-refractivity contribution is -0.137. The maximum Gasteiger partial charge on any atom is 0.512 e. The fraction of sp³-hybridized carbons (Fsp3) is 0.438. The quantitative estimate of drug-likeness (QED) is 0.791. The minimum absolute atomic E-state index is 0.196. The summed E-state index contributed by atoms with van der Waals surface area (Å²) in [7, 11) is -1.43. The second-order valence-corrected chi connectivity index (χ2v) is 7.54. The van der Waals surface area contributed by atoms with E-state index >= 15 is 0 Å². The second kappa shape index (κ2) is 6.72. The van der Waals surface area contributed by atoms with E-state index in [-0.39, 0.29) is 5.59 Å². The van der Waals surface area contributed by atoms with E-state index in [0.29, 0.717) is 10.4 Å². The largest absolute Gasteiger partial charge is 0.512 e. The van der Waals surface area contributed by atoms with Gasteiger partial charge in [-0.2, -0.15) is 13.2 Å². The Labute approximate surface area is 148 Å². The van der Waals surface area contributed by atoms with E-state index in [4.69, 9.17) is 4.65 Å². The van der Waals surface area contributed by atoms with Gasteiger partial charge >= 0.3 is 13.3 Å². The minimum Gasteiger partial charge on any atom is -0.422 e. The molecule has 1 aromatic carbocycles. The summed E-state index contributed by atoms with van der Waals surface area (Å²) >= 11 is 1.18. The summed E-state index contributed by atoms with van der Waals surface area (Å²) in [5.74, 6) is 0. The van der Waals surface area contributed by atoms with Crippen LogP contribution in [0.25, 0.3) is 10.4 Å². The van der Waals surface area contributed by atoms with Crippen molar-refractivity contribution in [3.8, 4) is 10.4 Å². The van der Waals surface area contributed by atoms with Crippen LogP contribution in [0.2, 0.25) is 0 Å². The fourth-order valence-electron chi connectivity index (χ4n) is 1.94. The molecule has 136 valence electrons.